The smallest absolute Gasteiger partial charge is 0.207 e. The van der Waals surface area contributed by atoms with Crippen molar-refractivity contribution in [2.45, 2.75) is 18.4 Å². The fourth-order valence-corrected chi connectivity index (χ4v) is 3.05. The average molecular weight is 315 g/mol. The van der Waals surface area contributed by atoms with Crippen LogP contribution in [0, 0.1) is 24.4 Å². The molecule has 0 aromatic heterocycles. The lowest BCUT2D eigenvalue weighted by Gasteiger charge is -2.10. The molecule has 0 unspecified atom stereocenters. The Hall–Kier alpha value is -1.86. The first-order valence-electron chi connectivity index (χ1n) is 5.99. The molecule has 7 heteroatoms. The van der Waals surface area contributed by atoms with Crippen molar-refractivity contribution in [3.63, 3.8) is 0 Å². The van der Waals surface area contributed by atoms with Gasteiger partial charge in [-0.25, -0.2) is 26.3 Å². The minimum Gasteiger partial charge on any atom is -0.207 e. The summed E-state index contributed by atoms with van der Waals surface area (Å²) in [6, 6.07) is 6.08. The topological polar surface area (TPSA) is 46.2 Å². The molecule has 2 aromatic rings. The summed E-state index contributed by atoms with van der Waals surface area (Å²) >= 11 is 0. The molecule has 0 aliphatic rings. The molecule has 0 atom stereocenters. The van der Waals surface area contributed by atoms with Crippen LogP contribution in [0.1, 0.15) is 11.1 Å². The molecule has 0 fully saturated rings. The number of hydrogen-bond acceptors (Lipinski definition) is 2. The summed E-state index contributed by atoms with van der Waals surface area (Å²) in [5.41, 5.74) is 0.219. The molecule has 2 rings (SSSR count). The highest BCUT2D eigenvalue weighted by Crippen LogP contribution is 2.17. The van der Waals surface area contributed by atoms with Crippen LogP contribution < -0.4 is 4.72 Å². The zero-order valence-electron chi connectivity index (χ0n) is 11.0. The van der Waals surface area contributed by atoms with Crippen molar-refractivity contribution < 1.29 is 21.6 Å². The maximum atomic E-state index is 13.4. The molecule has 1 N–H and O–H groups in total. The highest BCUT2D eigenvalue weighted by molar-refractivity contribution is 7.89. The highest BCUT2D eigenvalue weighted by Gasteiger charge is 2.18. The molecular weight excluding hydrogens is 303 g/mol. The van der Waals surface area contributed by atoms with Crippen molar-refractivity contribution in [1.29, 1.82) is 0 Å². The van der Waals surface area contributed by atoms with E-state index in [0.717, 1.165) is 30.3 Å². The lowest BCUT2D eigenvalue weighted by molar-refractivity contribution is 0.564. The fraction of sp³-hybridized carbons (Fsp3) is 0.143. The molecule has 0 amide bonds. The molecule has 0 bridgehead atoms. The Morgan fingerprint density at radius 1 is 1.00 bits per heavy atom. The Morgan fingerprint density at radius 2 is 1.62 bits per heavy atom. The van der Waals surface area contributed by atoms with Gasteiger partial charge in [0.2, 0.25) is 10.0 Å². The first-order chi connectivity index (χ1) is 9.79. The van der Waals surface area contributed by atoms with Crippen LogP contribution in [0.2, 0.25) is 0 Å². The summed E-state index contributed by atoms with van der Waals surface area (Å²) in [5.74, 6) is -2.10. The molecule has 0 saturated heterocycles. The molecule has 0 saturated carbocycles. The van der Waals surface area contributed by atoms with E-state index in [1.807, 2.05) is 0 Å². The zero-order valence-corrected chi connectivity index (χ0v) is 11.8. The SMILES string of the molecule is Cc1ccc(F)cc1S(=O)(=O)NCc1cc(F)ccc1F. The first kappa shape index (κ1) is 15.5. The van der Waals surface area contributed by atoms with E-state index in [1.54, 1.807) is 0 Å². The summed E-state index contributed by atoms with van der Waals surface area (Å²) in [5, 5.41) is 0. The van der Waals surface area contributed by atoms with Gasteiger partial charge in [0.1, 0.15) is 17.5 Å². The van der Waals surface area contributed by atoms with Gasteiger partial charge >= 0.3 is 0 Å². The van der Waals surface area contributed by atoms with E-state index in [1.165, 1.54) is 13.0 Å². The van der Waals surface area contributed by atoms with Gasteiger partial charge in [0.15, 0.2) is 0 Å². The van der Waals surface area contributed by atoms with Gasteiger partial charge in [-0.1, -0.05) is 6.07 Å². The second-order valence-corrected chi connectivity index (χ2v) is 6.21. The van der Waals surface area contributed by atoms with Gasteiger partial charge in [0.25, 0.3) is 0 Å². The Bertz CT molecular complexity index is 776. The molecule has 21 heavy (non-hydrogen) atoms. The van der Waals surface area contributed by atoms with Crippen LogP contribution >= 0.6 is 0 Å². The summed E-state index contributed by atoms with van der Waals surface area (Å²) < 4.78 is 65.9. The van der Waals surface area contributed by atoms with Crippen molar-refractivity contribution in [3.8, 4) is 0 Å². The lowest BCUT2D eigenvalue weighted by Crippen LogP contribution is -2.24. The standard InChI is InChI=1S/C14H12F3NO2S/c1-9-2-3-12(16)7-14(9)21(19,20)18-8-10-6-11(15)4-5-13(10)17/h2-7,18H,8H2,1H3. The monoisotopic (exact) mass is 315 g/mol. The fourth-order valence-electron chi connectivity index (χ4n) is 1.79. The van der Waals surface area contributed by atoms with E-state index in [2.05, 4.69) is 4.72 Å². The van der Waals surface area contributed by atoms with E-state index in [-0.39, 0.29) is 10.5 Å². The van der Waals surface area contributed by atoms with Gasteiger partial charge in [-0.05, 0) is 42.8 Å². The number of benzene rings is 2. The normalized spacial score (nSPS) is 11.6. The van der Waals surface area contributed by atoms with E-state index in [0.29, 0.717) is 5.56 Å². The summed E-state index contributed by atoms with van der Waals surface area (Å²) in [4.78, 5) is -0.237. The molecule has 112 valence electrons. The van der Waals surface area contributed by atoms with Crippen LogP contribution in [0.25, 0.3) is 0 Å². The van der Waals surface area contributed by atoms with E-state index < -0.39 is 34.0 Å². The largest absolute Gasteiger partial charge is 0.241 e. The molecule has 3 nitrogen and oxygen atoms in total. The molecular formula is C14H12F3NO2S. The van der Waals surface area contributed by atoms with Crippen molar-refractivity contribution in [1.82, 2.24) is 4.72 Å². The van der Waals surface area contributed by atoms with Gasteiger partial charge in [-0.2, -0.15) is 0 Å². The molecule has 0 aliphatic heterocycles. The quantitative estimate of drug-likeness (QED) is 0.943. The molecule has 0 aliphatic carbocycles. The first-order valence-corrected chi connectivity index (χ1v) is 7.47. The van der Waals surface area contributed by atoms with Crippen molar-refractivity contribution in [3.05, 3.63) is 65.0 Å². The summed E-state index contributed by atoms with van der Waals surface area (Å²) in [6.07, 6.45) is 0. The summed E-state index contributed by atoms with van der Waals surface area (Å²) in [7, 11) is -4.02. The molecule has 2 aromatic carbocycles. The van der Waals surface area contributed by atoms with Gasteiger partial charge in [0.05, 0.1) is 4.90 Å². The predicted octanol–water partition coefficient (Wildman–Crippen LogP) is 2.89. The van der Waals surface area contributed by atoms with Crippen LogP contribution in [0.3, 0.4) is 0 Å². The Labute approximate surface area is 120 Å². The number of rotatable bonds is 4. The Kier molecular flexibility index (Phi) is 4.34. The Morgan fingerprint density at radius 3 is 2.33 bits per heavy atom. The van der Waals surface area contributed by atoms with Crippen molar-refractivity contribution >= 4 is 10.0 Å². The van der Waals surface area contributed by atoms with Crippen LogP contribution in [0.5, 0.6) is 0 Å². The van der Waals surface area contributed by atoms with Crippen LogP contribution in [-0.2, 0) is 16.6 Å². The molecule has 0 spiro atoms. The minimum atomic E-state index is -4.02. The second kappa shape index (κ2) is 5.87. The van der Waals surface area contributed by atoms with Gasteiger partial charge in [-0.3, -0.25) is 0 Å². The van der Waals surface area contributed by atoms with Crippen molar-refractivity contribution in [2.75, 3.05) is 0 Å². The van der Waals surface area contributed by atoms with Crippen LogP contribution in [0.4, 0.5) is 13.2 Å². The number of halogens is 3. The zero-order chi connectivity index (χ0) is 15.6. The number of sulfonamides is 1. The molecule has 0 heterocycles. The predicted molar refractivity (Wildman–Crippen MR) is 71.5 cm³/mol. The van der Waals surface area contributed by atoms with Gasteiger partial charge < -0.3 is 0 Å². The third-order valence-corrected chi connectivity index (χ3v) is 4.44. The maximum absolute atomic E-state index is 13.4. The maximum Gasteiger partial charge on any atom is 0.241 e. The average Bonchev–Trinajstić information content (AvgIpc) is 2.42. The van der Waals surface area contributed by atoms with E-state index in [9.17, 15) is 21.6 Å². The van der Waals surface area contributed by atoms with Gasteiger partial charge in [-0.15, -0.1) is 0 Å². The third kappa shape index (κ3) is 3.62. The number of hydrogen-bond donors (Lipinski definition) is 1. The van der Waals surface area contributed by atoms with Crippen LogP contribution in [0.15, 0.2) is 41.3 Å². The third-order valence-electron chi connectivity index (χ3n) is 2.90. The number of aryl methyl sites for hydroxylation is 1. The van der Waals surface area contributed by atoms with Crippen molar-refractivity contribution in [2.24, 2.45) is 0 Å². The van der Waals surface area contributed by atoms with E-state index in [4.69, 9.17) is 0 Å². The van der Waals surface area contributed by atoms with Gasteiger partial charge in [0, 0.05) is 12.1 Å². The molecule has 0 radical (unpaired) electrons. The number of nitrogens with one attached hydrogen (secondary N) is 1. The Balaban J connectivity index is 2.26. The highest BCUT2D eigenvalue weighted by atomic mass is 32.2. The summed E-state index contributed by atoms with van der Waals surface area (Å²) in [6.45, 7) is 1.08. The lowest BCUT2D eigenvalue weighted by atomic mass is 10.2. The minimum absolute atomic E-state index is 0.132. The van der Waals surface area contributed by atoms with E-state index >= 15 is 0 Å². The second-order valence-electron chi connectivity index (χ2n) is 4.47. The van der Waals surface area contributed by atoms with Crippen LogP contribution in [-0.4, -0.2) is 8.42 Å².